The maximum Gasteiger partial charge on any atom is 0.101 e. The second kappa shape index (κ2) is 2.64. The highest BCUT2D eigenvalue weighted by Gasteiger charge is 2.00. The molecule has 2 aromatic rings. The Morgan fingerprint density at radius 2 is 2.09 bits per heavy atom. The van der Waals surface area contributed by atoms with Crippen molar-refractivity contribution in [3.63, 3.8) is 0 Å². The normalized spacial score (nSPS) is 10.6. The Hall–Kier alpha value is -0.860. The topological polar surface area (TPSA) is 27.6 Å². The zero-order valence-corrected chi connectivity index (χ0v) is 7.03. The summed E-state index contributed by atoms with van der Waals surface area (Å²) in [5.41, 5.74) is 5.25. The van der Waals surface area contributed by atoms with Crippen LogP contribution >= 0.6 is 11.3 Å². The lowest BCUT2D eigenvalue weighted by Gasteiger charge is -1.89. The number of hydrogen-bond donors (Lipinski definition) is 1. The van der Waals surface area contributed by atoms with Crippen LogP contribution in [0.15, 0.2) is 29.6 Å². The first-order valence-electron chi connectivity index (χ1n) is 3.66. The van der Waals surface area contributed by atoms with Crippen molar-refractivity contribution in [2.75, 3.05) is 0 Å². The van der Waals surface area contributed by atoms with E-state index in [0.717, 1.165) is 6.54 Å². The van der Waals surface area contributed by atoms with E-state index in [9.17, 15) is 0 Å². The second-order valence-corrected chi connectivity index (χ2v) is 3.42. The fourth-order valence-electron chi connectivity index (χ4n) is 1.23. The van der Waals surface area contributed by atoms with E-state index in [1.165, 1.54) is 15.6 Å². The van der Waals surface area contributed by atoms with Crippen molar-refractivity contribution in [2.45, 2.75) is 6.54 Å². The van der Waals surface area contributed by atoms with Crippen molar-refractivity contribution >= 4 is 21.4 Å². The van der Waals surface area contributed by atoms with E-state index in [1.54, 1.807) is 11.3 Å². The van der Waals surface area contributed by atoms with Gasteiger partial charge in [-0.1, -0.05) is 18.2 Å². The molecule has 0 saturated carbocycles. The number of thiophene rings is 1. The van der Waals surface area contributed by atoms with E-state index in [4.69, 9.17) is 0 Å². The fourth-order valence-corrected chi connectivity index (χ4v) is 2.22. The summed E-state index contributed by atoms with van der Waals surface area (Å²) in [4.78, 5) is 0. The Kier molecular flexibility index (Phi) is 1.64. The van der Waals surface area contributed by atoms with Crippen LogP contribution in [0.1, 0.15) is 5.56 Å². The van der Waals surface area contributed by atoms with Gasteiger partial charge in [-0.3, -0.25) is 0 Å². The molecule has 1 nitrogen and oxygen atoms in total. The Morgan fingerprint density at radius 3 is 2.91 bits per heavy atom. The second-order valence-electron chi connectivity index (χ2n) is 2.51. The summed E-state index contributed by atoms with van der Waals surface area (Å²) in [6, 6.07) is 8.46. The molecule has 0 unspecified atom stereocenters. The minimum atomic E-state index is 0.893. The summed E-state index contributed by atoms with van der Waals surface area (Å²) in [7, 11) is 0. The van der Waals surface area contributed by atoms with Gasteiger partial charge in [0.05, 0.1) is 0 Å². The predicted molar refractivity (Wildman–Crippen MR) is 48.4 cm³/mol. The molecule has 2 rings (SSSR count). The van der Waals surface area contributed by atoms with Crippen LogP contribution in [0.3, 0.4) is 0 Å². The molecule has 1 heterocycles. The van der Waals surface area contributed by atoms with Gasteiger partial charge in [-0.15, -0.1) is 11.3 Å². The molecule has 0 saturated heterocycles. The monoisotopic (exact) mass is 164 g/mol. The molecule has 0 aliphatic carbocycles. The number of fused-ring (bicyclic) bond motifs is 1. The van der Waals surface area contributed by atoms with E-state index < -0.39 is 0 Å². The van der Waals surface area contributed by atoms with Gasteiger partial charge in [0.25, 0.3) is 0 Å². The van der Waals surface area contributed by atoms with Crippen LogP contribution in [-0.4, -0.2) is 0 Å². The molecule has 0 radical (unpaired) electrons. The van der Waals surface area contributed by atoms with E-state index in [2.05, 4.69) is 35.4 Å². The number of benzene rings is 1. The molecular formula is C9H10NS+. The number of hydrogen-bond acceptors (Lipinski definition) is 1. The Balaban J connectivity index is 2.76. The van der Waals surface area contributed by atoms with Gasteiger partial charge >= 0.3 is 0 Å². The minimum absolute atomic E-state index is 0.893. The summed E-state index contributed by atoms with van der Waals surface area (Å²) < 4.78 is 1.37. The van der Waals surface area contributed by atoms with Crippen molar-refractivity contribution in [3.05, 3.63) is 35.2 Å². The van der Waals surface area contributed by atoms with Gasteiger partial charge in [-0.2, -0.15) is 0 Å². The van der Waals surface area contributed by atoms with Crippen LogP contribution in [0.25, 0.3) is 10.1 Å². The van der Waals surface area contributed by atoms with Crippen LogP contribution in [0.4, 0.5) is 0 Å². The molecule has 0 aliphatic heterocycles. The Labute approximate surface area is 69.5 Å². The third-order valence-electron chi connectivity index (χ3n) is 1.83. The van der Waals surface area contributed by atoms with Crippen molar-refractivity contribution in [1.29, 1.82) is 0 Å². The molecule has 11 heavy (non-hydrogen) atoms. The smallest absolute Gasteiger partial charge is 0.101 e. The van der Waals surface area contributed by atoms with Gasteiger partial charge in [-0.25, -0.2) is 0 Å². The summed E-state index contributed by atoms with van der Waals surface area (Å²) in [5.74, 6) is 0. The lowest BCUT2D eigenvalue weighted by Crippen LogP contribution is -2.47. The van der Waals surface area contributed by atoms with Crippen molar-refractivity contribution in [3.8, 4) is 0 Å². The number of rotatable bonds is 1. The van der Waals surface area contributed by atoms with Crippen LogP contribution in [0.2, 0.25) is 0 Å². The molecule has 0 aliphatic rings. The van der Waals surface area contributed by atoms with Gasteiger partial charge in [0.1, 0.15) is 6.54 Å². The fraction of sp³-hybridized carbons (Fsp3) is 0.111. The molecule has 3 N–H and O–H groups in total. The first kappa shape index (κ1) is 6.83. The molecule has 0 spiro atoms. The van der Waals surface area contributed by atoms with E-state index in [0.29, 0.717) is 0 Å². The van der Waals surface area contributed by atoms with E-state index in [1.807, 2.05) is 0 Å². The molecular weight excluding hydrogens is 154 g/mol. The van der Waals surface area contributed by atoms with Gasteiger partial charge in [0.15, 0.2) is 0 Å². The van der Waals surface area contributed by atoms with Crippen molar-refractivity contribution in [2.24, 2.45) is 0 Å². The van der Waals surface area contributed by atoms with Crippen LogP contribution in [0.5, 0.6) is 0 Å². The largest absolute Gasteiger partial charge is 0.354 e. The summed E-state index contributed by atoms with van der Waals surface area (Å²) in [6.07, 6.45) is 0. The van der Waals surface area contributed by atoms with E-state index in [-0.39, 0.29) is 0 Å². The average Bonchev–Trinajstić information content (AvgIpc) is 2.47. The Morgan fingerprint density at radius 1 is 1.27 bits per heavy atom. The Bertz CT molecular complexity index is 364. The molecule has 56 valence electrons. The van der Waals surface area contributed by atoms with Crippen molar-refractivity contribution < 1.29 is 5.73 Å². The predicted octanol–water partition coefficient (Wildman–Crippen LogP) is 1.64. The minimum Gasteiger partial charge on any atom is -0.354 e. The zero-order chi connectivity index (χ0) is 7.68. The maximum atomic E-state index is 3.88. The van der Waals surface area contributed by atoms with Gasteiger partial charge in [0.2, 0.25) is 0 Å². The third kappa shape index (κ3) is 1.04. The average molecular weight is 164 g/mol. The molecule has 0 amide bonds. The molecule has 0 bridgehead atoms. The number of quaternary nitrogens is 1. The van der Waals surface area contributed by atoms with Crippen LogP contribution in [0, 0.1) is 0 Å². The molecule has 2 heteroatoms. The highest BCUT2D eigenvalue weighted by molar-refractivity contribution is 7.17. The lowest BCUT2D eigenvalue weighted by atomic mass is 10.2. The molecule has 0 fully saturated rings. The lowest BCUT2D eigenvalue weighted by molar-refractivity contribution is -0.386. The van der Waals surface area contributed by atoms with Crippen LogP contribution < -0.4 is 5.73 Å². The quantitative estimate of drug-likeness (QED) is 0.663. The first-order chi connectivity index (χ1) is 5.42. The first-order valence-corrected chi connectivity index (χ1v) is 4.54. The van der Waals surface area contributed by atoms with Crippen molar-refractivity contribution in [1.82, 2.24) is 0 Å². The van der Waals surface area contributed by atoms with Gasteiger partial charge in [0, 0.05) is 21.0 Å². The molecule has 0 atom stereocenters. The maximum absolute atomic E-state index is 3.88. The third-order valence-corrected chi connectivity index (χ3v) is 2.84. The standard InChI is InChI=1S/C9H9NS/c10-5-7-6-11-9-4-2-1-3-8(7)9/h1-4,6H,5,10H2/p+1. The van der Waals surface area contributed by atoms with E-state index >= 15 is 0 Å². The van der Waals surface area contributed by atoms with Crippen LogP contribution in [-0.2, 0) is 6.54 Å². The van der Waals surface area contributed by atoms with Gasteiger partial charge in [-0.05, 0) is 6.07 Å². The summed E-state index contributed by atoms with van der Waals surface area (Å²) in [6.45, 7) is 0.893. The SMILES string of the molecule is [NH3+]Cc1csc2ccccc12. The summed E-state index contributed by atoms with van der Waals surface area (Å²) in [5, 5.41) is 3.56. The highest BCUT2D eigenvalue weighted by Crippen LogP contribution is 2.24. The highest BCUT2D eigenvalue weighted by atomic mass is 32.1. The molecule has 1 aromatic carbocycles. The zero-order valence-electron chi connectivity index (χ0n) is 6.21. The molecule has 1 aromatic heterocycles. The van der Waals surface area contributed by atoms with Gasteiger partial charge < -0.3 is 5.73 Å². The summed E-state index contributed by atoms with van der Waals surface area (Å²) >= 11 is 1.80.